The maximum Gasteiger partial charge on any atom is 0.261 e. The lowest BCUT2D eigenvalue weighted by molar-refractivity contribution is -0.671. The van der Waals surface area contributed by atoms with Crippen LogP contribution in [0.25, 0.3) is 10.8 Å². The van der Waals surface area contributed by atoms with Crippen molar-refractivity contribution in [2.24, 2.45) is 7.05 Å². The second kappa shape index (κ2) is 5.60. The Morgan fingerprint density at radius 2 is 1.62 bits per heavy atom. The minimum absolute atomic E-state index is 0.192. The highest BCUT2D eigenvalue weighted by Crippen LogP contribution is 2.29. The summed E-state index contributed by atoms with van der Waals surface area (Å²) in [5.74, 6) is -0.385. The van der Waals surface area contributed by atoms with Crippen molar-refractivity contribution in [1.29, 1.82) is 0 Å². The molecule has 0 N–H and O–H groups in total. The van der Waals surface area contributed by atoms with Crippen LogP contribution in [0.3, 0.4) is 0 Å². The van der Waals surface area contributed by atoms with Gasteiger partial charge < -0.3 is 0 Å². The molecule has 2 amide bonds. The molecular formula is C19H18N3O2+. The fourth-order valence-electron chi connectivity index (χ4n) is 3.33. The molecule has 120 valence electrons. The number of aromatic nitrogens is 2. The van der Waals surface area contributed by atoms with E-state index in [0.717, 1.165) is 23.7 Å². The van der Waals surface area contributed by atoms with Crippen LogP contribution < -0.4 is 4.57 Å². The molecule has 0 saturated heterocycles. The second-order valence-corrected chi connectivity index (χ2v) is 6.14. The normalized spacial score (nSPS) is 13.8. The summed E-state index contributed by atoms with van der Waals surface area (Å²) in [5, 5.41) is 1.72. The van der Waals surface area contributed by atoms with Crippen LogP contribution in [0.15, 0.2) is 55.1 Å². The average molecular weight is 320 g/mol. The van der Waals surface area contributed by atoms with E-state index in [4.69, 9.17) is 0 Å². The number of imide groups is 1. The number of amides is 2. The van der Waals surface area contributed by atoms with Crippen LogP contribution in [0.4, 0.5) is 0 Å². The van der Waals surface area contributed by atoms with Crippen molar-refractivity contribution in [3.05, 3.63) is 66.2 Å². The largest absolute Gasteiger partial charge is 0.274 e. The van der Waals surface area contributed by atoms with E-state index in [1.807, 2.05) is 59.2 Å². The third-order valence-electron chi connectivity index (χ3n) is 4.48. The lowest BCUT2D eigenvalue weighted by Crippen LogP contribution is -2.41. The molecule has 4 rings (SSSR count). The predicted molar refractivity (Wildman–Crippen MR) is 89.5 cm³/mol. The first-order valence-electron chi connectivity index (χ1n) is 8.04. The zero-order valence-electron chi connectivity index (χ0n) is 13.5. The Bertz CT molecular complexity index is 907. The summed E-state index contributed by atoms with van der Waals surface area (Å²) in [6.07, 6.45) is 6.66. The van der Waals surface area contributed by atoms with Gasteiger partial charge in [0.1, 0.15) is 12.4 Å². The average Bonchev–Trinajstić information content (AvgIpc) is 3.01. The summed E-state index contributed by atoms with van der Waals surface area (Å²) >= 11 is 0. The van der Waals surface area contributed by atoms with Gasteiger partial charge in [-0.2, -0.15) is 0 Å². The number of benzene rings is 2. The number of hydrogen-bond donors (Lipinski definition) is 0. The van der Waals surface area contributed by atoms with E-state index in [0.29, 0.717) is 17.7 Å². The molecule has 1 aromatic heterocycles. The van der Waals surface area contributed by atoms with Gasteiger partial charge in [-0.3, -0.25) is 14.5 Å². The van der Waals surface area contributed by atoms with E-state index in [1.54, 1.807) is 12.1 Å². The number of carbonyl (C=O) groups is 2. The zero-order valence-corrected chi connectivity index (χ0v) is 13.5. The number of rotatable bonds is 4. The van der Waals surface area contributed by atoms with Crippen LogP contribution >= 0.6 is 0 Å². The molecule has 1 aliphatic heterocycles. The van der Waals surface area contributed by atoms with Crippen molar-refractivity contribution in [2.45, 2.75) is 13.0 Å². The molecule has 0 bridgehead atoms. The van der Waals surface area contributed by atoms with Crippen LogP contribution in [0.5, 0.6) is 0 Å². The lowest BCUT2D eigenvalue weighted by Gasteiger charge is -2.26. The van der Waals surface area contributed by atoms with Gasteiger partial charge in [-0.15, -0.1) is 0 Å². The molecule has 2 aromatic carbocycles. The quantitative estimate of drug-likeness (QED) is 0.546. The molecular weight excluding hydrogens is 302 g/mol. The van der Waals surface area contributed by atoms with Crippen LogP contribution in [-0.2, 0) is 13.6 Å². The molecule has 0 radical (unpaired) electrons. The van der Waals surface area contributed by atoms with E-state index >= 15 is 0 Å². The molecule has 3 aromatic rings. The Morgan fingerprint density at radius 3 is 2.21 bits per heavy atom. The molecule has 5 heteroatoms. The molecule has 1 aliphatic rings. The first kappa shape index (κ1) is 14.6. The van der Waals surface area contributed by atoms with E-state index in [2.05, 4.69) is 0 Å². The Labute approximate surface area is 139 Å². The van der Waals surface area contributed by atoms with Crippen molar-refractivity contribution < 1.29 is 14.2 Å². The van der Waals surface area contributed by atoms with Gasteiger partial charge in [-0.25, -0.2) is 9.13 Å². The standard InChI is InChI=1S/C19H18N3O2/c1-20-11-12-21(13-20)9-4-10-22-18(23)15-7-2-5-14-6-3-8-16(17(14)15)19(22)24/h2-3,5-8,11-13H,4,9-10H2,1H3/q+1. The van der Waals surface area contributed by atoms with Gasteiger partial charge in [0.2, 0.25) is 6.33 Å². The van der Waals surface area contributed by atoms with Gasteiger partial charge in [0.15, 0.2) is 0 Å². The summed E-state index contributed by atoms with van der Waals surface area (Å²) in [6, 6.07) is 11.2. The summed E-state index contributed by atoms with van der Waals surface area (Å²) in [7, 11) is 1.96. The van der Waals surface area contributed by atoms with Crippen LogP contribution in [0.1, 0.15) is 27.1 Å². The minimum atomic E-state index is -0.192. The number of carbonyl (C=O) groups excluding carboxylic acids is 2. The highest BCUT2D eigenvalue weighted by Gasteiger charge is 2.32. The van der Waals surface area contributed by atoms with Gasteiger partial charge in [0, 0.05) is 29.5 Å². The summed E-state index contributed by atoms with van der Waals surface area (Å²) < 4.78 is 4.02. The van der Waals surface area contributed by atoms with Gasteiger partial charge in [-0.1, -0.05) is 24.3 Å². The number of aryl methyl sites for hydroxylation is 2. The van der Waals surface area contributed by atoms with E-state index in [9.17, 15) is 9.59 Å². The molecule has 0 spiro atoms. The maximum atomic E-state index is 12.8. The number of hydrogen-bond acceptors (Lipinski definition) is 2. The second-order valence-electron chi connectivity index (χ2n) is 6.14. The van der Waals surface area contributed by atoms with Crippen molar-refractivity contribution in [2.75, 3.05) is 6.54 Å². The van der Waals surface area contributed by atoms with Crippen molar-refractivity contribution in [3.8, 4) is 0 Å². The van der Waals surface area contributed by atoms with E-state index in [-0.39, 0.29) is 11.8 Å². The Balaban J connectivity index is 1.60. The van der Waals surface area contributed by atoms with E-state index in [1.165, 1.54) is 4.90 Å². The van der Waals surface area contributed by atoms with Crippen LogP contribution in [0, 0.1) is 0 Å². The summed E-state index contributed by atoms with van der Waals surface area (Å²) in [5.41, 5.74) is 1.24. The van der Waals surface area contributed by atoms with Crippen LogP contribution in [-0.4, -0.2) is 27.8 Å². The summed E-state index contributed by atoms with van der Waals surface area (Å²) in [4.78, 5) is 26.9. The Morgan fingerprint density at radius 1 is 0.958 bits per heavy atom. The van der Waals surface area contributed by atoms with Gasteiger partial charge in [0.05, 0.1) is 13.6 Å². The Hall–Kier alpha value is -2.95. The van der Waals surface area contributed by atoms with E-state index < -0.39 is 0 Å². The maximum absolute atomic E-state index is 12.8. The monoisotopic (exact) mass is 320 g/mol. The van der Waals surface area contributed by atoms with Crippen molar-refractivity contribution in [3.63, 3.8) is 0 Å². The van der Waals surface area contributed by atoms with Gasteiger partial charge >= 0.3 is 0 Å². The highest BCUT2D eigenvalue weighted by molar-refractivity contribution is 6.25. The molecule has 5 nitrogen and oxygen atoms in total. The third kappa shape index (κ3) is 2.29. The molecule has 2 heterocycles. The topological polar surface area (TPSA) is 46.2 Å². The molecule has 0 unspecified atom stereocenters. The van der Waals surface area contributed by atoms with Gasteiger partial charge in [-0.05, 0) is 17.5 Å². The number of imidazole rings is 1. The minimum Gasteiger partial charge on any atom is -0.274 e. The highest BCUT2D eigenvalue weighted by atomic mass is 16.2. The van der Waals surface area contributed by atoms with Crippen molar-refractivity contribution >= 4 is 22.6 Å². The van der Waals surface area contributed by atoms with Crippen molar-refractivity contribution in [1.82, 2.24) is 9.47 Å². The van der Waals surface area contributed by atoms with Gasteiger partial charge in [0.25, 0.3) is 11.8 Å². The Kier molecular flexibility index (Phi) is 3.41. The molecule has 0 aliphatic carbocycles. The molecule has 0 fully saturated rings. The zero-order chi connectivity index (χ0) is 16.7. The predicted octanol–water partition coefficient (Wildman–Crippen LogP) is 2.15. The SMILES string of the molecule is C[n+]1ccn(CCCN2C(=O)c3cccc4cccc(c34)C2=O)c1. The first-order valence-corrected chi connectivity index (χ1v) is 8.04. The number of nitrogens with zero attached hydrogens (tertiary/aromatic N) is 3. The smallest absolute Gasteiger partial charge is 0.261 e. The molecule has 24 heavy (non-hydrogen) atoms. The summed E-state index contributed by atoms with van der Waals surface area (Å²) in [6.45, 7) is 1.19. The molecule has 0 saturated carbocycles. The van der Waals surface area contributed by atoms with Crippen LogP contribution in [0.2, 0.25) is 0 Å². The molecule has 0 atom stereocenters. The lowest BCUT2D eigenvalue weighted by atomic mass is 9.94. The fourth-order valence-corrected chi connectivity index (χ4v) is 3.33. The third-order valence-corrected chi connectivity index (χ3v) is 4.48. The fraction of sp³-hybridized carbons (Fsp3) is 0.211. The first-order chi connectivity index (χ1) is 11.6.